The molecule has 1 saturated heterocycles. The van der Waals surface area contributed by atoms with Gasteiger partial charge in [-0.3, -0.25) is 9.59 Å². The van der Waals surface area contributed by atoms with Crippen LogP contribution in [0.25, 0.3) is 12.2 Å². The molecular formula is C28H33FN6O3. The van der Waals surface area contributed by atoms with E-state index in [1.165, 1.54) is 29.0 Å². The highest BCUT2D eigenvalue weighted by Gasteiger charge is 2.28. The van der Waals surface area contributed by atoms with Gasteiger partial charge in [-0.1, -0.05) is 31.2 Å². The number of esters is 1. The molecule has 0 spiro atoms. The average Bonchev–Trinajstić information content (AvgIpc) is 3.31. The summed E-state index contributed by atoms with van der Waals surface area (Å²) in [5.74, 6) is 0.805. The van der Waals surface area contributed by atoms with Gasteiger partial charge in [-0.15, -0.1) is 0 Å². The van der Waals surface area contributed by atoms with Gasteiger partial charge in [-0.2, -0.15) is 0 Å². The summed E-state index contributed by atoms with van der Waals surface area (Å²) in [6.45, 7) is 3.76. The van der Waals surface area contributed by atoms with Crippen molar-refractivity contribution in [3.63, 3.8) is 0 Å². The summed E-state index contributed by atoms with van der Waals surface area (Å²) >= 11 is 0. The lowest BCUT2D eigenvalue weighted by Gasteiger charge is -2.38. The first-order chi connectivity index (χ1) is 18.4. The van der Waals surface area contributed by atoms with Crippen molar-refractivity contribution in [2.24, 2.45) is 0 Å². The van der Waals surface area contributed by atoms with Gasteiger partial charge in [0.25, 0.3) is 5.56 Å². The summed E-state index contributed by atoms with van der Waals surface area (Å²) in [7, 11) is 1.93. The molecule has 1 aliphatic carbocycles. The fraction of sp³-hybridized carbons (Fsp3) is 0.429. The fourth-order valence-corrected chi connectivity index (χ4v) is 5.13. The third kappa shape index (κ3) is 5.34. The first-order valence-electron chi connectivity index (χ1n) is 13.1. The van der Waals surface area contributed by atoms with E-state index in [9.17, 15) is 14.0 Å². The second-order valence-corrected chi connectivity index (χ2v) is 9.72. The highest BCUT2D eigenvalue weighted by atomic mass is 19.1. The number of halogens is 1. The van der Waals surface area contributed by atoms with Gasteiger partial charge < -0.3 is 19.1 Å². The number of imidazole rings is 1. The Morgan fingerprint density at radius 2 is 1.84 bits per heavy atom. The molecule has 0 bridgehead atoms. The maximum Gasteiger partial charge on any atom is 0.307 e. The zero-order valence-electron chi connectivity index (χ0n) is 21.8. The van der Waals surface area contributed by atoms with Crippen LogP contribution in [0, 0.1) is 5.82 Å². The number of anilines is 2. The number of piperidine rings is 1. The Bertz CT molecular complexity index is 1470. The van der Waals surface area contributed by atoms with E-state index in [0.29, 0.717) is 12.5 Å². The van der Waals surface area contributed by atoms with Crippen LogP contribution < -0.4 is 26.1 Å². The molecule has 5 rings (SSSR count). The molecule has 9 nitrogen and oxygen atoms in total. The van der Waals surface area contributed by atoms with Crippen LogP contribution in [0.2, 0.25) is 0 Å². The molecule has 1 fully saturated rings. The minimum absolute atomic E-state index is 0.155. The Morgan fingerprint density at radius 3 is 2.58 bits per heavy atom. The number of nitrogens with zero attached hydrogens (tertiary/aromatic N) is 6. The molecule has 0 radical (unpaired) electrons. The second kappa shape index (κ2) is 11.2. The maximum absolute atomic E-state index is 13.5. The number of hydrogen-bond donors (Lipinski definition) is 0. The average molecular weight is 521 g/mol. The van der Waals surface area contributed by atoms with Crippen molar-refractivity contribution < 1.29 is 13.9 Å². The van der Waals surface area contributed by atoms with Crippen molar-refractivity contribution in [2.75, 3.05) is 29.9 Å². The Kier molecular flexibility index (Phi) is 7.57. The maximum atomic E-state index is 13.5. The summed E-state index contributed by atoms with van der Waals surface area (Å²) in [6, 6.07) is 8.16. The van der Waals surface area contributed by atoms with Gasteiger partial charge in [-0.05, 0) is 43.4 Å². The Morgan fingerprint density at radius 1 is 1.11 bits per heavy atom. The number of carbonyl (C=O) groups is 1. The zero-order valence-corrected chi connectivity index (χ0v) is 21.8. The Balaban J connectivity index is 1.34. The van der Waals surface area contributed by atoms with Crippen LogP contribution in [0.3, 0.4) is 0 Å². The largest absolute Gasteiger partial charge is 0.444 e. The molecule has 2 aromatic heterocycles. The van der Waals surface area contributed by atoms with Crippen molar-refractivity contribution in [3.05, 3.63) is 69.0 Å². The van der Waals surface area contributed by atoms with Crippen molar-refractivity contribution in [3.8, 4) is 0 Å². The number of aromatic nitrogens is 4. The second-order valence-electron chi connectivity index (χ2n) is 9.72. The van der Waals surface area contributed by atoms with Crippen LogP contribution in [-0.4, -0.2) is 51.3 Å². The van der Waals surface area contributed by atoms with E-state index in [2.05, 4.69) is 26.6 Å². The Labute approximate surface area is 220 Å². The van der Waals surface area contributed by atoms with E-state index in [1.54, 1.807) is 6.92 Å². The fourth-order valence-electron chi connectivity index (χ4n) is 5.13. The zero-order chi connectivity index (χ0) is 26.6. The molecule has 0 amide bonds. The summed E-state index contributed by atoms with van der Waals surface area (Å²) in [5.41, 5.74) is 0.766. The van der Waals surface area contributed by atoms with Crippen molar-refractivity contribution in [1.29, 1.82) is 0 Å². The van der Waals surface area contributed by atoms with E-state index < -0.39 is 0 Å². The molecule has 38 heavy (non-hydrogen) atoms. The summed E-state index contributed by atoms with van der Waals surface area (Å²) < 4.78 is 22.4. The summed E-state index contributed by atoms with van der Waals surface area (Å²) in [4.78, 5) is 38.0. The summed E-state index contributed by atoms with van der Waals surface area (Å²) in [5, 5.41) is 2.13. The van der Waals surface area contributed by atoms with Gasteiger partial charge in [0, 0.05) is 44.9 Å². The Hall–Kier alpha value is -3.95. The molecule has 0 saturated carbocycles. The monoisotopic (exact) mass is 520 g/mol. The predicted octanol–water partition coefficient (Wildman–Crippen LogP) is 2.00. The van der Waals surface area contributed by atoms with E-state index >= 15 is 0 Å². The minimum atomic E-state index is -0.365. The first kappa shape index (κ1) is 25.7. The van der Waals surface area contributed by atoms with Gasteiger partial charge in [-0.25, -0.2) is 18.9 Å². The lowest BCUT2D eigenvalue weighted by atomic mass is 10.0. The molecule has 1 aromatic carbocycles. The van der Waals surface area contributed by atoms with Crippen molar-refractivity contribution in [2.45, 2.75) is 58.3 Å². The summed E-state index contributed by atoms with van der Waals surface area (Å²) in [6.07, 6.45) is 9.81. The van der Waals surface area contributed by atoms with Gasteiger partial charge in [0.15, 0.2) is 6.73 Å². The minimum Gasteiger partial charge on any atom is -0.444 e. The number of fused-ring (bicyclic) bond motifs is 1. The smallest absolute Gasteiger partial charge is 0.307 e. The van der Waals surface area contributed by atoms with Crippen LogP contribution >= 0.6 is 0 Å². The van der Waals surface area contributed by atoms with Crippen LogP contribution in [0.1, 0.15) is 44.6 Å². The quantitative estimate of drug-likeness (QED) is 0.420. The molecule has 3 aromatic rings. The lowest BCUT2D eigenvalue weighted by Crippen LogP contribution is -2.46. The number of benzene rings is 1. The number of rotatable bonds is 8. The standard InChI is InChI=1S/C28H33FN6O3/c1-3-26(37)38-19-35-25(36)12-15-30-27(35)32(2)22-13-16-33(17-14-22)28-31-23-6-4-5-7-24(23)34(28)18-20-8-10-21(29)11-9-20/h6-12,15,22H,3-5,13-14,16-19H2,1-2H3. The normalized spacial score (nSPS) is 15.4. The third-order valence-corrected chi connectivity index (χ3v) is 7.28. The number of carbonyl (C=O) groups excluding carboxylic acids is 1. The molecule has 0 unspecified atom stereocenters. The van der Waals surface area contributed by atoms with Gasteiger partial charge in [0.05, 0.1) is 17.2 Å². The molecule has 200 valence electrons. The highest BCUT2D eigenvalue weighted by molar-refractivity contribution is 5.68. The van der Waals surface area contributed by atoms with Crippen LogP contribution in [0.5, 0.6) is 0 Å². The lowest BCUT2D eigenvalue weighted by molar-refractivity contribution is -0.147. The van der Waals surface area contributed by atoms with Crippen LogP contribution in [0.15, 0.2) is 41.3 Å². The topological polar surface area (TPSA) is 85.5 Å². The van der Waals surface area contributed by atoms with Gasteiger partial charge in [0.1, 0.15) is 5.82 Å². The molecule has 0 N–H and O–H groups in total. The number of ether oxygens (including phenoxy) is 1. The van der Waals surface area contributed by atoms with Crippen molar-refractivity contribution in [1.82, 2.24) is 19.1 Å². The first-order valence-corrected chi connectivity index (χ1v) is 13.1. The van der Waals surface area contributed by atoms with Gasteiger partial charge >= 0.3 is 5.97 Å². The molecule has 0 atom stereocenters. The molecular weight excluding hydrogens is 487 g/mol. The van der Waals surface area contributed by atoms with Gasteiger partial charge in [0.2, 0.25) is 11.9 Å². The molecule has 2 aliphatic rings. The van der Waals surface area contributed by atoms with Crippen LogP contribution in [0.4, 0.5) is 16.3 Å². The predicted molar refractivity (Wildman–Crippen MR) is 144 cm³/mol. The van der Waals surface area contributed by atoms with E-state index in [0.717, 1.165) is 61.0 Å². The van der Waals surface area contributed by atoms with Crippen LogP contribution in [-0.2, 0) is 22.8 Å². The van der Waals surface area contributed by atoms with E-state index in [4.69, 9.17) is 9.72 Å². The number of hydrogen-bond acceptors (Lipinski definition) is 7. The van der Waals surface area contributed by atoms with Crippen molar-refractivity contribution >= 4 is 30.0 Å². The molecule has 1 aliphatic heterocycles. The molecule has 3 heterocycles. The highest BCUT2D eigenvalue weighted by Crippen LogP contribution is 2.23. The van der Waals surface area contributed by atoms with E-state index in [-0.39, 0.29) is 36.5 Å². The van der Waals surface area contributed by atoms with E-state index in [1.807, 2.05) is 24.1 Å². The SMILES string of the molecule is CCC(=O)OCn1c(N(C)C2CCN(c3nc4c(n3Cc3ccc(F)cc3)=CCCC=4)CC2)nccc1=O. The molecule has 10 heteroatoms. The third-order valence-electron chi connectivity index (χ3n) is 7.28.